The molecule has 0 spiro atoms. The highest BCUT2D eigenvalue weighted by Gasteiger charge is 2.25. The van der Waals surface area contributed by atoms with Crippen molar-refractivity contribution < 1.29 is 4.74 Å². The summed E-state index contributed by atoms with van der Waals surface area (Å²) in [5.41, 5.74) is 4.15. The van der Waals surface area contributed by atoms with Crippen molar-refractivity contribution in [3.05, 3.63) is 34.9 Å². The van der Waals surface area contributed by atoms with E-state index in [0.717, 1.165) is 19.6 Å². The lowest BCUT2D eigenvalue weighted by molar-refractivity contribution is 0.0652. The molecule has 17 heavy (non-hydrogen) atoms. The second-order valence-corrected chi connectivity index (χ2v) is 5.73. The maximum Gasteiger partial charge on any atom is 0.0951 e. The quantitative estimate of drug-likeness (QED) is 0.804. The zero-order valence-electron chi connectivity index (χ0n) is 11.3. The van der Waals surface area contributed by atoms with Gasteiger partial charge in [-0.05, 0) is 45.2 Å². The number of hydrogen-bond acceptors (Lipinski definition) is 2. The molecule has 1 atom stereocenters. The zero-order valence-corrected chi connectivity index (χ0v) is 11.3. The minimum Gasteiger partial charge on any atom is -0.372 e. The summed E-state index contributed by atoms with van der Waals surface area (Å²) in [5, 5.41) is 3.59. The van der Waals surface area contributed by atoms with E-state index in [1.54, 1.807) is 0 Å². The number of benzene rings is 1. The third-order valence-corrected chi connectivity index (χ3v) is 3.58. The van der Waals surface area contributed by atoms with Crippen LogP contribution in [0.1, 0.15) is 43.1 Å². The van der Waals surface area contributed by atoms with E-state index in [0.29, 0.717) is 0 Å². The molecule has 1 saturated heterocycles. The monoisotopic (exact) mass is 233 g/mol. The standard InChI is InChI=1S/C15H23NO/c1-11-5-6-13(12(2)9-11)14-10-16-15(3,4)7-8-17-14/h5-6,9,14,16H,7-8,10H2,1-4H3. The molecule has 2 rings (SSSR count). The summed E-state index contributed by atoms with van der Waals surface area (Å²) >= 11 is 0. The SMILES string of the molecule is Cc1ccc(C2CNC(C)(C)CCO2)c(C)c1. The van der Waals surface area contributed by atoms with E-state index >= 15 is 0 Å². The summed E-state index contributed by atoms with van der Waals surface area (Å²) in [7, 11) is 0. The fourth-order valence-corrected chi connectivity index (χ4v) is 2.36. The Morgan fingerprint density at radius 1 is 1.29 bits per heavy atom. The lowest BCUT2D eigenvalue weighted by Gasteiger charge is -2.23. The van der Waals surface area contributed by atoms with Crippen molar-refractivity contribution in [1.82, 2.24) is 5.32 Å². The molecule has 1 fully saturated rings. The van der Waals surface area contributed by atoms with Crippen LogP contribution in [-0.2, 0) is 4.74 Å². The van der Waals surface area contributed by atoms with Crippen molar-refractivity contribution in [2.75, 3.05) is 13.2 Å². The third-order valence-electron chi connectivity index (χ3n) is 3.58. The van der Waals surface area contributed by atoms with Crippen LogP contribution < -0.4 is 5.32 Å². The van der Waals surface area contributed by atoms with Crippen LogP contribution in [0.3, 0.4) is 0 Å². The van der Waals surface area contributed by atoms with Crippen molar-refractivity contribution in [2.45, 2.75) is 45.8 Å². The second-order valence-electron chi connectivity index (χ2n) is 5.73. The molecule has 0 saturated carbocycles. The highest BCUT2D eigenvalue weighted by atomic mass is 16.5. The van der Waals surface area contributed by atoms with Crippen LogP contribution in [0, 0.1) is 13.8 Å². The van der Waals surface area contributed by atoms with Gasteiger partial charge in [-0.3, -0.25) is 0 Å². The van der Waals surface area contributed by atoms with Crippen LogP contribution in [0.2, 0.25) is 0 Å². The molecule has 0 bridgehead atoms. The summed E-state index contributed by atoms with van der Waals surface area (Å²) in [4.78, 5) is 0. The van der Waals surface area contributed by atoms with Crippen LogP contribution >= 0.6 is 0 Å². The van der Waals surface area contributed by atoms with Gasteiger partial charge >= 0.3 is 0 Å². The van der Waals surface area contributed by atoms with Gasteiger partial charge < -0.3 is 10.1 Å². The van der Waals surface area contributed by atoms with Crippen molar-refractivity contribution >= 4 is 0 Å². The first kappa shape index (κ1) is 12.6. The lowest BCUT2D eigenvalue weighted by atomic mass is 9.99. The van der Waals surface area contributed by atoms with Gasteiger partial charge in [-0.15, -0.1) is 0 Å². The second kappa shape index (κ2) is 4.79. The van der Waals surface area contributed by atoms with E-state index in [1.165, 1.54) is 16.7 Å². The summed E-state index contributed by atoms with van der Waals surface area (Å²) < 4.78 is 5.98. The van der Waals surface area contributed by atoms with Crippen LogP contribution in [0.4, 0.5) is 0 Å². The molecule has 0 aromatic heterocycles. The van der Waals surface area contributed by atoms with Gasteiger partial charge in [0.25, 0.3) is 0 Å². The molecule has 1 aliphatic rings. The Hall–Kier alpha value is -0.860. The predicted octanol–water partition coefficient (Wildman–Crippen LogP) is 3.13. The molecule has 1 aliphatic heterocycles. The zero-order chi connectivity index (χ0) is 12.5. The largest absolute Gasteiger partial charge is 0.372 e. The molecule has 0 radical (unpaired) electrons. The predicted molar refractivity (Wildman–Crippen MR) is 71.3 cm³/mol. The van der Waals surface area contributed by atoms with Gasteiger partial charge in [-0.25, -0.2) is 0 Å². The van der Waals surface area contributed by atoms with Crippen LogP contribution in [0.15, 0.2) is 18.2 Å². The van der Waals surface area contributed by atoms with Gasteiger partial charge in [-0.1, -0.05) is 23.8 Å². The van der Waals surface area contributed by atoms with E-state index in [2.05, 4.69) is 51.2 Å². The van der Waals surface area contributed by atoms with E-state index in [4.69, 9.17) is 4.74 Å². The summed E-state index contributed by atoms with van der Waals surface area (Å²) in [5.74, 6) is 0. The van der Waals surface area contributed by atoms with E-state index in [1.807, 2.05) is 0 Å². The van der Waals surface area contributed by atoms with Crippen molar-refractivity contribution in [3.8, 4) is 0 Å². The average molecular weight is 233 g/mol. The number of hydrogen-bond donors (Lipinski definition) is 1. The number of ether oxygens (including phenoxy) is 1. The Balaban J connectivity index is 2.17. The first-order valence-electron chi connectivity index (χ1n) is 6.42. The molecular formula is C15H23NO. The van der Waals surface area contributed by atoms with Crippen molar-refractivity contribution in [2.24, 2.45) is 0 Å². The lowest BCUT2D eigenvalue weighted by Crippen LogP contribution is -2.39. The molecule has 1 aromatic rings. The minimum atomic E-state index is 0.188. The number of rotatable bonds is 1. The van der Waals surface area contributed by atoms with E-state index in [9.17, 15) is 0 Å². The molecule has 94 valence electrons. The summed E-state index contributed by atoms with van der Waals surface area (Å²) in [6.07, 6.45) is 1.26. The normalized spacial score (nSPS) is 24.4. The number of aryl methyl sites for hydroxylation is 2. The molecule has 2 nitrogen and oxygen atoms in total. The third kappa shape index (κ3) is 3.08. The molecule has 1 unspecified atom stereocenters. The van der Waals surface area contributed by atoms with Gasteiger partial charge in [0.2, 0.25) is 0 Å². The first-order valence-corrected chi connectivity index (χ1v) is 6.42. The molecule has 0 aliphatic carbocycles. The highest BCUT2D eigenvalue weighted by molar-refractivity contribution is 5.32. The summed E-state index contributed by atoms with van der Waals surface area (Å²) in [6.45, 7) is 10.5. The van der Waals surface area contributed by atoms with Crippen molar-refractivity contribution in [3.63, 3.8) is 0 Å². The molecule has 2 heteroatoms. The Labute approximate surface area is 104 Å². The maximum absolute atomic E-state index is 5.98. The molecule has 1 heterocycles. The van der Waals surface area contributed by atoms with Gasteiger partial charge in [-0.2, -0.15) is 0 Å². The molecule has 1 N–H and O–H groups in total. The first-order chi connectivity index (χ1) is 7.98. The Kier molecular flexibility index (Phi) is 3.55. The van der Waals surface area contributed by atoms with Gasteiger partial charge in [0.1, 0.15) is 0 Å². The van der Waals surface area contributed by atoms with Gasteiger partial charge in [0, 0.05) is 18.7 Å². The highest BCUT2D eigenvalue weighted by Crippen LogP contribution is 2.26. The van der Waals surface area contributed by atoms with Crippen LogP contribution in [-0.4, -0.2) is 18.7 Å². The maximum atomic E-state index is 5.98. The number of nitrogens with one attached hydrogen (secondary N) is 1. The summed E-state index contributed by atoms with van der Waals surface area (Å²) in [6, 6.07) is 6.60. The Bertz CT molecular complexity index is 398. The van der Waals surface area contributed by atoms with Gasteiger partial charge in [0.15, 0.2) is 0 Å². The minimum absolute atomic E-state index is 0.188. The average Bonchev–Trinajstić information content (AvgIpc) is 2.40. The topological polar surface area (TPSA) is 21.3 Å². The molecule has 0 amide bonds. The van der Waals surface area contributed by atoms with E-state index < -0.39 is 0 Å². The van der Waals surface area contributed by atoms with Gasteiger partial charge in [0.05, 0.1) is 6.10 Å². The van der Waals surface area contributed by atoms with E-state index in [-0.39, 0.29) is 11.6 Å². The molecule has 1 aromatic carbocycles. The fraction of sp³-hybridized carbons (Fsp3) is 0.600. The Morgan fingerprint density at radius 3 is 2.76 bits per heavy atom. The smallest absolute Gasteiger partial charge is 0.0951 e. The Morgan fingerprint density at radius 2 is 2.06 bits per heavy atom. The van der Waals surface area contributed by atoms with Crippen LogP contribution in [0.25, 0.3) is 0 Å². The molecular weight excluding hydrogens is 210 g/mol. The van der Waals surface area contributed by atoms with Crippen molar-refractivity contribution in [1.29, 1.82) is 0 Å². The van der Waals surface area contributed by atoms with Crippen LogP contribution in [0.5, 0.6) is 0 Å². The fourth-order valence-electron chi connectivity index (χ4n) is 2.36.